The van der Waals surface area contributed by atoms with Crippen molar-refractivity contribution in [2.75, 3.05) is 5.32 Å². The molecule has 0 amide bonds. The second kappa shape index (κ2) is 11.6. The molecule has 1 aromatic carbocycles. The van der Waals surface area contributed by atoms with E-state index in [2.05, 4.69) is 10.4 Å². The van der Waals surface area contributed by atoms with Gasteiger partial charge in [-0.05, 0) is 91.5 Å². The van der Waals surface area contributed by atoms with Gasteiger partial charge in [-0.2, -0.15) is 18.3 Å². The summed E-state index contributed by atoms with van der Waals surface area (Å²) in [5, 5.41) is 7.71. The Hall–Kier alpha value is -3.63. The zero-order valence-electron chi connectivity index (χ0n) is 24.8. The number of alkyl halides is 3. The van der Waals surface area contributed by atoms with Gasteiger partial charge in [0.15, 0.2) is 11.6 Å². The number of benzene rings is 1. The number of pyridine rings is 1. The lowest BCUT2D eigenvalue weighted by molar-refractivity contribution is -0.171. The average Bonchev–Trinajstić information content (AvgIpc) is 3.34. The first-order chi connectivity index (χ1) is 19.5. The molecule has 1 aliphatic carbocycles. The molecule has 0 bridgehead atoms. The van der Waals surface area contributed by atoms with E-state index in [0.29, 0.717) is 49.7 Å². The number of hydrogen-bond donors (Lipinski definition) is 1. The minimum atomic E-state index is -4.83. The van der Waals surface area contributed by atoms with E-state index in [1.165, 1.54) is 6.07 Å². The van der Waals surface area contributed by atoms with E-state index >= 15 is 0 Å². The molecule has 0 radical (unpaired) electrons. The van der Waals surface area contributed by atoms with E-state index in [1.54, 1.807) is 27.0 Å². The fourth-order valence-corrected chi connectivity index (χ4v) is 5.16. The lowest BCUT2D eigenvalue weighted by Gasteiger charge is -2.39. The van der Waals surface area contributed by atoms with Crippen molar-refractivity contribution in [3.63, 3.8) is 0 Å². The molecule has 0 saturated heterocycles. The van der Waals surface area contributed by atoms with Crippen molar-refractivity contribution in [1.29, 1.82) is 0 Å². The standard InChI is InChI=1S/C31H38F4N4O3/c1-28(2,3)39-25(15-18-36-39)38-24-12-7-9-20(37-24)19-30(27(40)42-29(4,5)6)16-13-21(14-17-30)41-23-11-8-10-22(26(23)32)31(33,34)35/h7-12,15,18,21H,13-14,16-17,19H2,1-6H3,(H,37,38)/t21-,30-. The molecular weight excluding hydrogens is 552 g/mol. The normalized spacial score (nSPS) is 19.8. The van der Waals surface area contributed by atoms with Crippen LogP contribution in [0.3, 0.4) is 0 Å². The van der Waals surface area contributed by atoms with E-state index in [9.17, 15) is 22.4 Å². The molecule has 0 atom stereocenters. The van der Waals surface area contributed by atoms with Crippen LogP contribution in [0.4, 0.5) is 29.2 Å². The van der Waals surface area contributed by atoms with Crippen molar-refractivity contribution in [2.24, 2.45) is 5.41 Å². The molecule has 228 valence electrons. The van der Waals surface area contributed by atoms with Gasteiger partial charge in [0.25, 0.3) is 0 Å². The molecule has 11 heteroatoms. The zero-order valence-corrected chi connectivity index (χ0v) is 24.8. The molecule has 3 aromatic rings. The molecule has 1 aliphatic rings. The number of anilines is 2. The number of nitrogens with zero attached hydrogens (tertiary/aromatic N) is 3. The summed E-state index contributed by atoms with van der Waals surface area (Å²) >= 11 is 0. The van der Waals surface area contributed by atoms with Gasteiger partial charge in [-0.3, -0.25) is 4.79 Å². The van der Waals surface area contributed by atoms with E-state index in [1.807, 2.05) is 49.7 Å². The van der Waals surface area contributed by atoms with E-state index in [4.69, 9.17) is 14.5 Å². The molecule has 2 aromatic heterocycles. The largest absolute Gasteiger partial charge is 0.487 e. The van der Waals surface area contributed by atoms with Crippen LogP contribution in [0.15, 0.2) is 48.7 Å². The highest BCUT2D eigenvalue weighted by atomic mass is 19.4. The first-order valence-corrected chi connectivity index (χ1v) is 14.0. The number of rotatable bonds is 7. The molecule has 4 rings (SSSR count). The van der Waals surface area contributed by atoms with Crippen LogP contribution in [0, 0.1) is 11.2 Å². The summed E-state index contributed by atoms with van der Waals surface area (Å²) in [7, 11) is 0. The summed E-state index contributed by atoms with van der Waals surface area (Å²) < 4.78 is 67.5. The molecule has 1 fully saturated rings. The van der Waals surface area contributed by atoms with Crippen LogP contribution < -0.4 is 10.1 Å². The molecule has 7 nitrogen and oxygen atoms in total. The Labute approximate surface area is 243 Å². The first-order valence-electron chi connectivity index (χ1n) is 14.0. The Bertz CT molecular complexity index is 1400. The summed E-state index contributed by atoms with van der Waals surface area (Å²) in [5.41, 5.74) is -2.60. The Kier molecular flexibility index (Phi) is 8.62. The minimum absolute atomic E-state index is 0.248. The van der Waals surface area contributed by atoms with E-state index in [-0.39, 0.29) is 11.5 Å². The summed E-state index contributed by atoms with van der Waals surface area (Å²) in [6.45, 7) is 11.5. The van der Waals surface area contributed by atoms with Gasteiger partial charge < -0.3 is 14.8 Å². The predicted molar refractivity (Wildman–Crippen MR) is 151 cm³/mol. The number of halogens is 4. The molecule has 0 aliphatic heterocycles. The van der Waals surface area contributed by atoms with Gasteiger partial charge in [0, 0.05) is 18.2 Å². The topological polar surface area (TPSA) is 78.3 Å². The van der Waals surface area contributed by atoms with Crippen LogP contribution in [0.25, 0.3) is 0 Å². The third-order valence-corrected chi connectivity index (χ3v) is 7.14. The highest BCUT2D eigenvalue weighted by Gasteiger charge is 2.46. The van der Waals surface area contributed by atoms with Gasteiger partial charge in [-0.15, -0.1) is 0 Å². The Balaban J connectivity index is 1.54. The van der Waals surface area contributed by atoms with E-state index in [0.717, 1.165) is 11.9 Å². The summed E-state index contributed by atoms with van der Waals surface area (Å²) in [4.78, 5) is 18.4. The van der Waals surface area contributed by atoms with Crippen LogP contribution in [0.2, 0.25) is 0 Å². The summed E-state index contributed by atoms with van der Waals surface area (Å²) in [6, 6.07) is 10.4. The number of hydrogen-bond acceptors (Lipinski definition) is 6. The SMILES string of the molecule is CC(C)(C)OC(=O)[C@]1(Cc2cccc(Nc3ccnn3C(C)(C)C)n2)CC[C@@H](Oc2cccc(C(F)(F)F)c2F)CC1. The fourth-order valence-electron chi connectivity index (χ4n) is 5.16. The molecule has 0 spiro atoms. The highest BCUT2D eigenvalue weighted by molar-refractivity contribution is 5.78. The Morgan fingerprint density at radius 1 is 1.02 bits per heavy atom. The van der Waals surface area contributed by atoms with Gasteiger partial charge >= 0.3 is 12.1 Å². The van der Waals surface area contributed by atoms with Crippen molar-refractivity contribution in [2.45, 2.75) is 97.1 Å². The molecular formula is C31H38F4N4O3. The number of nitrogens with one attached hydrogen (secondary N) is 1. The van der Waals surface area contributed by atoms with Gasteiger partial charge in [0.2, 0.25) is 0 Å². The summed E-state index contributed by atoms with van der Waals surface area (Å²) in [5.74, 6) is -0.891. The number of carbonyl (C=O) groups is 1. The maximum atomic E-state index is 14.6. The third-order valence-electron chi connectivity index (χ3n) is 7.14. The van der Waals surface area contributed by atoms with Crippen LogP contribution >= 0.6 is 0 Å². The number of carbonyl (C=O) groups excluding carboxylic acids is 1. The highest BCUT2D eigenvalue weighted by Crippen LogP contribution is 2.43. The van der Waals surface area contributed by atoms with Crippen LogP contribution in [0.5, 0.6) is 5.75 Å². The van der Waals surface area contributed by atoms with Crippen LogP contribution in [-0.2, 0) is 27.7 Å². The van der Waals surface area contributed by atoms with Gasteiger partial charge in [0.1, 0.15) is 17.2 Å². The quantitative estimate of drug-likeness (QED) is 0.223. The first kappa shape index (κ1) is 31.3. The Morgan fingerprint density at radius 3 is 2.31 bits per heavy atom. The second-order valence-corrected chi connectivity index (χ2v) is 12.8. The summed E-state index contributed by atoms with van der Waals surface area (Å²) in [6.07, 6.45) is -2.05. The maximum Gasteiger partial charge on any atom is 0.419 e. The van der Waals surface area contributed by atoms with E-state index < -0.39 is 40.4 Å². The van der Waals surface area contributed by atoms with Crippen molar-refractivity contribution in [3.05, 3.63) is 65.7 Å². The zero-order chi connectivity index (χ0) is 30.9. The number of aromatic nitrogens is 3. The van der Waals surface area contributed by atoms with Crippen LogP contribution in [0.1, 0.15) is 78.5 Å². The van der Waals surface area contributed by atoms with Gasteiger partial charge in [-0.25, -0.2) is 14.1 Å². The van der Waals surface area contributed by atoms with Gasteiger partial charge in [0.05, 0.1) is 28.8 Å². The number of ether oxygens (including phenoxy) is 2. The lowest BCUT2D eigenvalue weighted by atomic mass is 9.70. The molecule has 1 N–H and O–H groups in total. The second-order valence-electron chi connectivity index (χ2n) is 12.8. The third kappa shape index (κ3) is 7.41. The molecule has 1 saturated carbocycles. The molecule has 42 heavy (non-hydrogen) atoms. The van der Waals surface area contributed by atoms with Crippen molar-refractivity contribution in [1.82, 2.24) is 14.8 Å². The predicted octanol–water partition coefficient (Wildman–Crippen LogP) is 7.83. The number of esters is 1. The van der Waals surface area contributed by atoms with Crippen molar-refractivity contribution >= 4 is 17.6 Å². The smallest absolute Gasteiger partial charge is 0.419 e. The monoisotopic (exact) mass is 590 g/mol. The molecule has 0 unspecified atom stereocenters. The molecule has 2 heterocycles. The minimum Gasteiger partial charge on any atom is -0.487 e. The average molecular weight is 591 g/mol. The van der Waals surface area contributed by atoms with Crippen molar-refractivity contribution in [3.8, 4) is 5.75 Å². The van der Waals surface area contributed by atoms with Crippen LogP contribution in [-0.4, -0.2) is 32.4 Å². The fraction of sp³-hybridized carbons (Fsp3) is 0.516. The maximum absolute atomic E-state index is 14.6. The Morgan fingerprint density at radius 2 is 1.69 bits per heavy atom. The van der Waals surface area contributed by atoms with Gasteiger partial charge in [-0.1, -0.05) is 12.1 Å². The van der Waals surface area contributed by atoms with Crippen molar-refractivity contribution < 1.29 is 31.8 Å². The lowest BCUT2D eigenvalue weighted by Crippen LogP contribution is -2.44.